The molecule has 0 aliphatic carbocycles. The highest BCUT2D eigenvalue weighted by Gasteiger charge is 2.25. The number of hydrogen-bond donors (Lipinski definition) is 0. The van der Waals surface area contributed by atoms with Crippen molar-refractivity contribution in [1.82, 2.24) is 0 Å². The first-order valence-electron chi connectivity index (χ1n) is 8.04. The Morgan fingerprint density at radius 1 is 0.917 bits per heavy atom. The minimum Gasteiger partial charge on any atom is -0.497 e. The number of methoxy groups -OCH3 is 3. The topological polar surface area (TPSA) is 44.8 Å². The third kappa shape index (κ3) is 3.88. The second-order valence-electron chi connectivity index (χ2n) is 5.54. The van der Waals surface area contributed by atoms with Crippen LogP contribution in [0.3, 0.4) is 0 Å². The van der Waals surface area contributed by atoms with Gasteiger partial charge in [-0.25, -0.2) is 0 Å². The Kier molecular flexibility index (Phi) is 6.24. The van der Waals surface area contributed by atoms with Crippen LogP contribution in [0.2, 0.25) is 0 Å². The molecule has 1 atom stereocenters. The SMILES string of the molecule is CCCC(C(=O)c1ccc(OC)cc1)c1cc(OC)ccc1OC. The number of hydrogen-bond acceptors (Lipinski definition) is 4. The van der Waals surface area contributed by atoms with Gasteiger partial charge in [0.15, 0.2) is 5.78 Å². The zero-order chi connectivity index (χ0) is 17.5. The molecule has 2 aromatic carbocycles. The van der Waals surface area contributed by atoms with Crippen LogP contribution in [0.5, 0.6) is 17.2 Å². The van der Waals surface area contributed by atoms with Gasteiger partial charge in [0.1, 0.15) is 17.2 Å². The Labute approximate surface area is 143 Å². The maximum atomic E-state index is 13.1. The lowest BCUT2D eigenvalue weighted by Crippen LogP contribution is -2.14. The first kappa shape index (κ1) is 17.9. The van der Waals surface area contributed by atoms with Crippen LogP contribution in [0, 0.1) is 0 Å². The van der Waals surface area contributed by atoms with E-state index in [9.17, 15) is 4.79 Å². The van der Waals surface area contributed by atoms with E-state index in [-0.39, 0.29) is 11.7 Å². The number of carbonyl (C=O) groups excluding carboxylic acids is 1. The molecule has 0 bridgehead atoms. The van der Waals surface area contributed by atoms with Crippen LogP contribution >= 0.6 is 0 Å². The third-order valence-electron chi connectivity index (χ3n) is 4.08. The lowest BCUT2D eigenvalue weighted by molar-refractivity contribution is 0.0953. The van der Waals surface area contributed by atoms with Crippen LogP contribution in [0.1, 0.15) is 41.6 Å². The number of carbonyl (C=O) groups is 1. The fourth-order valence-electron chi connectivity index (χ4n) is 2.78. The van der Waals surface area contributed by atoms with E-state index in [0.717, 1.165) is 29.9 Å². The Bertz CT molecular complexity index is 677. The molecular formula is C20H24O4. The van der Waals surface area contributed by atoms with E-state index in [4.69, 9.17) is 14.2 Å². The standard InChI is InChI=1S/C20H24O4/c1-5-6-17(18-13-16(23-3)11-12-19(18)24-4)20(21)14-7-9-15(22-2)10-8-14/h7-13,17H,5-6H2,1-4H3. The highest BCUT2D eigenvalue weighted by Crippen LogP contribution is 2.35. The summed E-state index contributed by atoms with van der Waals surface area (Å²) in [6.45, 7) is 2.07. The Morgan fingerprint density at radius 3 is 2.08 bits per heavy atom. The molecule has 0 aromatic heterocycles. The summed E-state index contributed by atoms with van der Waals surface area (Å²) in [5, 5.41) is 0. The molecule has 0 N–H and O–H groups in total. The van der Waals surface area contributed by atoms with Crippen molar-refractivity contribution in [3.05, 3.63) is 53.6 Å². The van der Waals surface area contributed by atoms with E-state index >= 15 is 0 Å². The molecule has 0 saturated carbocycles. The first-order valence-corrected chi connectivity index (χ1v) is 8.04. The smallest absolute Gasteiger partial charge is 0.170 e. The quantitative estimate of drug-likeness (QED) is 0.670. The number of rotatable bonds is 8. The van der Waals surface area contributed by atoms with E-state index in [0.29, 0.717) is 11.3 Å². The van der Waals surface area contributed by atoms with Gasteiger partial charge in [0, 0.05) is 11.1 Å². The molecule has 0 saturated heterocycles. The van der Waals surface area contributed by atoms with Crippen molar-refractivity contribution in [3.8, 4) is 17.2 Å². The molecule has 4 heteroatoms. The molecule has 2 rings (SSSR count). The summed E-state index contributed by atoms with van der Waals surface area (Å²) in [5.74, 6) is 1.96. The highest BCUT2D eigenvalue weighted by atomic mass is 16.5. The van der Waals surface area contributed by atoms with E-state index in [1.54, 1.807) is 45.6 Å². The summed E-state index contributed by atoms with van der Waals surface area (Å²) >= 11 is 0. The molecule has 24 heavy (non-hydrogen) atoms. The Hall–Kier alpha value is -2.49. The molecule has 128 valence electrons. The van der Waals surface area contributed by atoms with Crippen LogP contribution < -0.4 is 14.2 Å². The van der Waals surface area contributed by atoms with Gasteiger partial charge in [0.25, 0.3) is 0 Å². The fourth-order valence-corrected chi connectivity index (χ4v) is 2.78. The van der Waals surface area contributed by atoms with Gasteiger partial charge in [-0.2, -0.15) is 0 Å². The van der Waals surface area contributed by atoms with Gasteiger partial charge in [-0.15, -0.1) is 0 Å². The van der Waals surface area contributed by atoms with Crippen molar-refractivity contribution in [3.63, 3.8) is 0 Å². The molecular weight excluding hydrogens is 304 g/mol. The summed E-state index contributed by atoms with van der Waals surface area (Å²) in [6, 6.07) is 12.8. The van der Waals surface area contributed by atoms with Crippen molar-refractivity contribution < 1.29 is 19.0 Å². The van der Waals surface area contributed by atoms with Crippen LogP contribution in [0.4, 0.5) is 0 Å². The summed E-state index contributed by atoms with van der Waals surface area (Å²) in [6.07, 6.45) is 1.64. The van der Waals surface area contributed by atoms with E-state index in [1.807, 2.05) is 18.2 Å². The molecule has 0 amide bonds. The van der Waals surface area contributed by atoms with Crippen LogP contribution in [-0.2, 0) is 0 Å². The maximum absolute atomic E-state index is 13.1. The van der Waals surface area contributed by atoms with Crippen LogP contribution in [-0.4, -0.2) is 27.1 Å². The number of ketones is 1. The van der Waals surface area contributed by atoms with Crippen LogP contribution in [0.25, 0.3) is 0 Å². The lowest BCUT2D eigenvalue weighted by Gasteiger charge is -2.19. The number of benzene rings is 2. The second-order valence-corrected chi connectivity index (χ2v) is 5.54. The van der Waals surface area contributed by atoms with Gasteiger partial charge in [0.05, 0.1) is 27.2 Å². The van der Waals surface area contributed by atoms with Crippen molar-refractivity contribution in [2.75, 3.05) is 21.3 Å². The van der Waals surface area contributed by atoms with Crippen molar-refractivity contribution in [2.45, 2.75) is 25.7 Å². The molecule has 0 spiro atoms. The fraction of sp³-hybridized carbons (Fsp3) is 0.350. The summed E-state index contributed by atoms with van der Waals surface area (Å²) in [4.78, 5) is 13.1. The summed E-state index contributed by atoms with van der Waals surface area (Å²) in [7, 11) is 4.84. The Balaban J connectivity index is 2.42. The first-order chi connectivity index (χ1) is 11.6. The predicted octanol–water partition coefficient (Wildman–Crippen LogP) is 4.48. The molecule has 0 aliphatic heterocycles. The average Bonchev–Trinajstić information content (AvgIpc) is 2.65. The minimum absolute atomic E-state index is 0.0751. The van der Waals surface area contributed by atoms with E-state index < -0.39 is 0 Å². The highest BCUT2D eigenvalue weighted by molar-refractivity contribution is 6.01. The van der Waals surface area contributed by atoms with Gasteiger partial charge in [-0.3, -0.25) is 4.79 Å². The minimum atomic E-state index is -0.270. The normalized spacial score (nSPS) is 11.7. The summed E-state index contributed by atoms with van der Waals surface area (Å²) in [5.41, 5.74) is 1.53. The van der Waals surface area contributed by atoms with Gasteiger partial charge in [-0.1, -0.05) is 13.3 Å². The van der Waals surface area contributed by atoms with Gasteiger partial charge in [0.2, 0.25) is 0 Å². The molecule has 0 aliphatic rings. The number of ether oxygens (including phenoxy) is 3. The van der Waals surface area contributed by atoms with E-state index in [2.05, 4.69) is 6.92 Å². The van der Waals surface area contributed by atoms with Gasteiger partial charge >= 0.3 is 0 Å². The maximum Gasteiger partial charge on any atom is 0.170 e. The van der Waals surface area contributed by atoms with Gasteiger partial charge in [-0.05, 0) is 48.9 Å². The molecule has 1 unspecified atom stereocenters. The molecule has 2 aromatic rings. The number of Topliss-reactive ketones (excluding diaryl/α,β-unsaturated/α-hetero) is 1. The lowest BCUT2D eigenvalue weighted by atomic mass is 9.86. The molecule has 0 radical (unpaired) electrons. The monoisotopic (exact) mass is 328 g/mol. The zero-order valence-corrected chi connectivity index (χ0v) is 14.7. The second kappa shape index (κ2) is 8.39. The molecule has 0 heterocycles. The molecule has 4 nitrogen and oxygen atoms in total. The largest absolute Gasteiger partial charge is 0.497 e. The van der Waals surface area contributed by atoms with Crippen molar-refractivity contribution in [1.29, 1.82) is 0 Å². The van der Waals surface area contributed by atoms with E-state index in [1.165, 1.54) is 0 Å². The zero-order valence-electron chi connectivity index (χ0n) is 14.7. The Morgan fingerprint density at radius 2 is 1.54 bits per heavy atom. The van der Waals surface area contributed by atoms with Crippen LogP contribution in [0.15, 0.2) is 42.5 Å². The van der Waals surface area contributed by atoms with Crippen molar-refractivity contribution >= 4 is 5.78 Å². The molecule has 0 fully saturated rings. The summed E-state index contributed by atoms with van der Waals surface area (Å²) < 4.78 is 15.9. The van der Waals surface area contributed by atoms with Gasteiger partial charge < -0.3 is 14.2 Å². The van der Waals surface area contributed by atoms with Crippen molar-refractivity contribution in [2.24, 2.45) is 0 Å². The predicted molar refractivity (Wildman–Crippen MR) is 94.5 cm³/mol. The third-order valence-corrected chi connectivity index (χ3v) is 4.08. The average molecular weight is 328 g/mol.